The molecule has 24 heavy (non-hydrogen) atoms. The summed E-state index contributed by atoms with van der Waals surface area (Å²) in [5, 5.41) is 12.4. The van der Waals surface area contributed by atoms with E-state index in [1.165, 1.54) is 49.7 Å². The van der Waals surface area contributed by atoms with Crippen molar-refractivity contribution in [3.8, 4) is 0 Å². The van der Waals surface area contributed by atoms with Gasteiger partial charge in [-0.1, -0.05) is 35.9 Å². The predicted octanol–water partition coefficient (Wildman–Crippen LogP) is 2.90. The largest absolute Gasteiger partial charge is 0.385 e. The molecule has 2 aliphatic carbocycles. The van der Waals surface area contributed by atoms with Crippen LogP contribution in [0.1, 0.15) is 62.2 Å². The van der Waals surface area contributed by atoms with Gasteiger partial charge in [0.15, 0.2) is 0 Å². The number of hydrogen-bond donors (Lipinski definition) is 2. The lowest BCUT2D eigenvalue weighted by molar-refractivity contribution is -0.660. The molecule has 0 bridgehead atoms. The van der Waals surface area contributed by atoms with Gasteiger partial charge in [0.1, 0.15) is 12.6 Å². The monoisotopic (exact) mass is 330 g/mol. The first-order valence-electron chi connectivity index (χ1n) is 9.70. The fraction of sp³-hybridized carbons (Fsp3) is 0.619. The second-order valence-corrected chi connectivity index (χ2v) is 7.24. The van der Waals surface area contributed by atoms with Gasteiger partial charge in [-0.3, -0.25) is 0 Å². The Morgan fingerprint density at radius 2 is 2.08 bits per heavy atom. The number of hydrogen-bond acceptors (Lipinski definition) is 2. The smallest absolute Gasteiger partial charge is 0.126 e. The van der Waals surface area contributed by atoms with Gasteiger partial charge in [0, 0.05) is 6.42 Å². The van der Waals surface area contributed by atoms with Crippen LogP contribution in [0.3, 0.4) is 0 Å². The van der Waals surface area contributed by atoms with E-state index in [-0.39, 0.29) is 12.2 Å². The summed E-state index contributed by atoms with van der Waals surface area (Å²) in [6.07, 6.45) is 12.0. The molecule has 0 aliphatic heterocycles. The molecule has 3 N–H and O–H groups in total. The van der Waals surface area contributed by atoms with Crippen molar-refractivity contribution in [2.75, 3.05) is 19.7 Å². The highest BCUT2D eigenvalue weighted by Gasteiger charge is 2.21. The molecule has 1 aromatic rings. The number of fused-ring (bicyclic) bond motifs is 1. The van der Waals surface area contributed by atoms with Crippen molar-refractivity contribution in [2.24, 2.45) is 0 Å². The number of allylic oxidation sites excluding steroid dienone is 1. The first-order valence-corrected chi connectivity index (χ1v) is 9.70. The molecular formula is C21H32NO2+. The van der Waals surface area contributed by atoms with E-state index in [9.17, 15) is 5.11 Å². The first-order chi connectivity index (χ1) is 11.8. The number of aliphatic hydroxyl groups excluding tert-OH is 1. The third kappa shape index (κ3) is 5.17. The number of aryl methyl sites for hydroxylation is 1. The summed E-state index contributed by atoms with van der Waals surface area (Å²) < 4.78 is 6.04. The van der Waals surface area contributed by atoms with E-state index >= 15 is 0 Å². The Morgan fingerprint density at radius 1 is 1.17 bits per heavy atom. The van der Waals surface area contributed by atoms with Crippen molar-refractivity contribution < 1.29 is 15.2 Å². The molecule has 0 heterocycles. The Kier molecular flexibility index (Phi) is 6.88. The summed E-state index contributed by atoms with van der Waals surface area (Å²) in [6, 6.07) is 8.57. The lowest BCUT2D eigenvalue weighted by Crippen LogP contribution is -2.86. The summed E-state index contributed by atoms with van der Waals surface area (Å²) in [7, 11) is 0. The summed E-state index contributed by atoms with van der Waals surface area (Å²) in [6.45, 7) is 2.26. The lowest BCUT2D eigenvalue weighted by Gasteiger charge is -2.26. The minimum Gasteiger partial charge on any atom is -0.385 e. The normalized spacial score (nSPS) is 21.9. The zero-order chi connectivity index (χ0) is 16.6. The molecule has 0 saturated heterocycles. The highest BCUT2D eigenvalue weighted by molar-refractivity contribution is 5.31. The lowest BCUT2D eigenvalue weighted by atomic mass is 9.89. The maximum absolute atomic E-state index is 10.2. The van der Waals surface area contributed by atoms with E-state index < -0.39 is 0 Å². The van der Waals surface area contributed by atoms with Gasteiger partial charge in [-0.25, -0.2) is 0 Å². The van der Waals surface area contributed by atoms with Crippen LogP contribution in [0.5, 0.6) is 0 Å². The number of aliphatic hydroxyl groups is 1. The molecule has 0 saturated carbocycles. The van der Waals surface area contributed by atoms with E-state index in [1.54, 1.807) is 5.57 Å². The zero-order valence-corrected chi connectivity index (χ0v) is 14.8. The van der Waals surface area contributed by atoms with Crippen LogP contribution < -0.4 is 5.32 Å². The second kappa shape index (κ2) is 9.36. The molecule has 0 fully saturated rings. The average Bonchev–Trinajstić information content (AvgIpc) is 2.64. The van der Waals surface area contributed by atoms with Crippen LogP contribution >= 0.6 is 0 Å². The van der Waals surface area contributed by atoms with E-state index in [0.29, 0.717) is 6.61 Å². The molecule has 3 heteroatoms. The van der Waals surface area contributed by atoms with Crippen molar-refractivity contribution in [3.05, 3.63) is 47.0 Å². The molecule has 132 valence electrons. The van der Waals surface area contributed by atoms with Crippen LogP contribution in [0.15, 0.2) is 35.9 Å². The highest BCUT2D eigenvalue weighted by Crippen LogP contribution is 2.32. The second-order valence-electron chi connectivity index (χ2n) is 7.24. The van der Waals surface area contributed by atoms with Crippen molar-refractivity contribution in [1.82, 2.24) is 0 Å². The molecule has 3 rings (SSSR count). The third-order valence-electron chi connectivity index (χ3n) is 5.30. The van der Waals surface area contributed by atoms with Gasteiger partial charge < -0.3 is 15.2 Å². The predicted molar refractivity (Wildman–Crippen MR) is 96.9 cm³/mol. The number of ether oxygens (including phenoxy) is 1. The summed E-state index contributed by atoms with van der Waals surface area (Å²) in [5.41, 5.74) is 4.35. The van der Waals surface area contributed by atoms with E-state index in [1.807, 2.05) is 0 Å². The maximum Gasteiger partial charge on any atom is 0.126 e. The van der Waals surface area contributed by atoms with E-state index in [2.05, 4.69) is 35.7 Å². The minimum absolute atomic E-state index is 0.164. The zero-order valence-electron chi connectivity index (χ0n) is 14.8. The van der Waals surface area contributed by atoms with Crippen molar-refractivity contribution in [2.45, 2.75) is 63.6 Å². The first kappa shape index (κ1) is 17.7. The van der Waals surface area contributed by atoms with E-state index in [0.717, 1.165) is 25.9 Å². The number of quaternary nitrogens is 1. The fourth-order valence-corrected chi connectivity index (χ4v) is 3.91. The Balaban J connectivity index is 1.34. The standard InChI is InChI=1S/C21H31NO2/c23-19(15-22-14-13-17-7-2-1-3-8-17)16-24-21-12-6-10-18-9-4-5-11-20(18)21/h4-5,7,9,11,19,21-23H,1-3,6,8,10,12-16H2/p+1/t19-,21+/m0/s1. The van der Waals surface area contributed by atoms with Gasteiger partial charge in [0.2, 0.25) is 0 Å². The van der Waals surface area contributed by atoms with Crippen molar-refractivity contribution in [1.29, 1.82) is 0 Å². The van der Waals surface area contributed by atoms with Crippen LogP contribution in [0, 0.1) is 0 Å². The third-order valence-corrected chi connectivity index (χ3v) is 5.30. The Bertz CT molecular complexity index is 540. The quantitative estimate of drug-likeness (QED) is 0.569. The summed E-state index contributed by atoms with van der Waals surface area (Å²) in [5.74, 6) is 0. The Morgan fingerprint density at radius 3 is 2.96 bits per heavy atom. The highest BCUT2D eigenvalue weighted by atomic mass is 16.5. The Labute approximate surface area is 146 Å². The fourth-order valence-electron chi connectivity index (χ4n) is 3.91. The van der Waals surface area contributed by atoms with Crippen LogP contribution in [0.2, 0.25) is 0 Å². The summed E-state index contributed by atoms with van der Waals surface area (Å²) >= 11 is 0. The van der Waals surface area contributed by atoms with Gasteiger partial charge in [0.05, 0.1) is 19.3 Å². The van der Waals surface area contributed by atoms with Crippen LogP contribution in [0.25, 0.3) is 0 Å². The minimum atomic E-state index is -0.376. The molecule has 0 amide bonds. The van der Waals surface area contributed by atoms with Crippen LogP contribution in [-0.4, -0.2) is 30.9 Å². The average molecular weight is 330 g/mol. The van der Waals surface area contributed by atoms with Gasteiger partial charge >= 0.3 is 0 Å². The molecule has 3 nitrogen and oxygen atoms in total. The van der Waals surface area contributed by atoms with Crippen LogP contribution in [0.4, 0.5) is 0 Å². The summed E-state index contributed by atoms with van der Waals surface area (Å²) in [4.78, 5) is 0. The van der Waals surface area contributed by atoms with Crippen molar-refractivity contribution >= 4 is 0 Å². The van der Waals surface area contributed by atoms with E-state index in [4.69, 9.17) is 4.74 Å². The molecule has 1 aromatic carbocycles. The molecule has 2 aliphatic rings. The van der Waals surface area contributed by atoms with Gasteiger partial charge in [-0.2, -0.15) is 0 Å². The molecule has 0 radical (unpaired) electrons. The number of benzene rings is 1. The number of nitrogens with two attached hydrogens (primary N) is 1. The molecule has 0 unspecified atom stereocenters. The topological polar surface area (TPSA) is 46.1 Å². The van der Waals surface area contributed by atoms with Gasteiger partial charge in [-0.15, -0.1) is 0 Å². The molecule has 2 atom stereocenters. The number of rotatable bonds is 8. The Hall–Kier alpha value is -1.16. The maximum atomic E-state index is 10.2. The van der Waals surface area contributed by atoms with Crippen molar-refractivity contribution in [3.63, 3.8) is 0 Å². The molecular weight excluding hydrogens is 298 g/mol. The SMILES string of the molecule is O[C@@H](C[NH2+]CCC1=CCCCC1)CO[C@@H]1CCCc2ccccc21. The van der Waals surface area contributed by atoms with Crippen LogP contribution in [-0.2, 0) is 11.2 Å². The van der Waals surface area contributed by atoms with Gasteiger partial charge in [-0.05, 0) is 56.1 Å². The molecule has 0 aromatic heterocycles. The molecule has 0 spiro atoms. The van der Waals surface area contributed by atoms with Gasteiger partial charge in [0.25, 0.3) is 0 Å².